The molecule has 110 valence electrons. The van der Waals surface area contributed by atoms with E-state index in [4.69, 9.17) is 0 Å². The SMILES string of the molecule is O=S(=O)(Nc1ccc2c(c1)-c1ccccc1C2)c1cccs1. The molecule has 4 rings (SSSR count). The summed E-state index contributed by atoms with van der Waals surface area (Å²) in [5.74, 6) is 0. The molecular formula is C17H13NO2S2. The van der Waals surface area contributed by atoms with E-state index in [-0.39, 0.29) is 0 Å². The lowest BCUT2D eigenvalue weighted by Crippen LogP contribution is -2.11. The number of hydrogen-bond acceptors (Lipinski definition) is 3. The molecule has 1 aromatic heterocycles. The highest BCUT2D eigenvalue weighted by atomic mass is 32.2. The summed E-state index contributed by atoms with van der Waals surface area (Å²) in [6.45, 7) is 0. The Morgan fingerprint density at radius 1 is 0.909 bits per heavy atom. The van der Waals surface area contributed by atoms with Gasteiger partial charge in [-0.2, -0.15) is 0 Å². The quantitative estimate of drug-likeness (QED) is 0.615. The summed E-state index contributed by atoms with van der Waals surface area (Å²) in [7, 11) is -3.50. The van der Waals surface area contributed by atoms with E-state index in [1.165, 1.54) is 28.0 Å². The molecule has 0 bridgehead atoms. The monoisotopic (exact) mass is 327 g/mol. The van der Waals surface area contributed by atoms with E-state index >= 15 is 0 Å². The number of sulfonamides is 1. The van der Waals surface area contributed by atoms with Crippen LogP contribution in [0.25, 0.3) is 11.1 Å². The highest BCUT2D eigenvalue weighted by Crippen LogP contribution is 2.38. The van der Waals surface area contributed by atoms with E-state index in [0.29, 0.717) is 9.90 Å². The van der Waals surface area contributed by atoms with Gasteiger partial charge in [-0.3, -0.25) is 4.72 Å². The topological polar surface area (TPSA) is 46.2 Å². The van der Waals surface area contributed by atoms with Gasteiger partial charge in [0.1, 0.15) is 4.21 Å². The van der Waals surface area contributed by atoms with Gasteiger partial charge in [0.15, 0.2) is 0 Å². The predicted octanol–water partition coefficient (Wildman–Crippen LogP) is 4.12. The number of fused-ring (bicyclic) bond motifs is 3. The molecule has 0 unspecified atom stereocenters. The van der Waals surface area contributed by atoms with E-state index in [1.807, 2.05) is 30.3 Å². The number of rotatable bonds is 3. The fourth-order valence-electron chi connectivity index (χ4n) is 2.81. The first-order valence-corrected chi connectivity index (χ1v) is 9.27. The van der Waals surface area contributed by atoms with Crippen molar-refractivity contribution in [3.63, 3.8) is 0 Å². The zero-order valence-corrected chi connectivity index (χ0v) is 13.2. The van der Waals surface area contributed by atoms with Gasteiger partial charge in [0.05, 0.1) is 0 Å². The lowest BCUT2D eigenvalue weighted by atomic mass is 10.1. The van der Waals surface area contributed by atoms with E-state index in [9.17, 15) is 8.42 Å². The Bertz CT molecular complexity index is 945. The van der Waals surface area contributed by atoms with Crippen LogP contribution < -0.4 is 4.72 Å². The number of nitrogens with one attached hydrogen (secondary N) is 1. The summed E-state index contributed by atoms with van der Waals surface area (Å²) in [6.07, 6.45) is 0.906. The van der Waals surface area contributed by atoms with Crippen LogP contribution in [-0.2, 0) is 16.4 Å². The van der Waals surface area contributed by atoms with Crippen LogP contribution >= 0.6 is 11.3 Å². The van der Waals surface area contributed by atoms with E-state index < -0.39 is 10.0 Å². The first-order chi connectivity index (χ1) is 10.6. The van der Waals surface area contributed by atoms with Crippen molar-refractivity contribution in [1.82, 2.24) is 0 Å². The molecule has 1 N–H and O–H groups in total. The summed E-state index contributed by atoms with van der Waals surface area (Å²) < 4.78 is 27.6. The third kappa shape index (κ3) is 2.23. The zero-order valence-electron chi connectivity index (χ0n) is 11.6. The molecule has 3 nitrogen and oxygen atoms in total. The molecule has 3 aromatic rings. The van der Waals surface area contributed by atoms with Crippen LogP contribution in [0.5, 0.6) is 0 Å². The first kappa shape index (κ1) is 13.5. The van der Waals surface area contributed by atoms with Gasteiger partial charge in [0.25, 0.3) is 10.0 Å². The third-order valence-corrected chi connectivity index (χ3v) is 6.59. The van der Waals surface area contributed by atoms with Gasteiger partial charge in [0, 0.05) is 5.69 Å². The van der Waals surface area contributed by atoms with Crippen molar-refractivity contribution in [2.45, 2.75) is 10.6 Å². The number of thiophene rings is 1. The fraction of sp³-hybridized carbons (Fsp3) is 0.0588. The molecule has 0 amide bonds. The van der Waals surface area contributed by atoms with Gasteiger partial charge in [-0.05, 0) is 52.3 Å². The third-order valence-electron chi connectivity index (χ3n) is 3.81. The molecule has 0 radical (unpaired) electrons. The summed E-state index contributed by atoms with van der Waals surface area (Å²) in [5.41, 5.74) is 5.43. The molecule has 1 aliphatic carbocycles. The minimum absolute atomic E-state index is 0.327. The maximum Gasteiger partial charge on any atom is 0.271 e. The van der Waals surface area contributed by atoms with Crippen LogP contribution in [0.4, 0.5) is 5.69 Å². The second-order valence-electron chi connectivity index (χ2n) is 5.24. The van der Waals surface area contributed by atoms with Crippen molar-refractivity contribution < 1.29 is 8.42 Å². The van der Waals surface area contributed by atoms with E-state index in [2.05, 4.69) is 16.9 Å². The molecule has 0 saturated heterocycles. The van der Waals surface area contributed by atoms with Crippen LogP contribution in [0.2, 0.25) is 0 Å². The lowest BCUT2D eigenvalue weighted by Gasteiger charge is -2.08. The minimum Gasteiger partial charge on any atom is -0.279 e. The molecule has 1 aliphatic rings. The van der Waals surface area contributed by atoms with Gasteiger partial charge in [-0.1, -0.05) is 36.4 Å². The minimum atomic E-state index is -3.50. The van der Waals surface area contributed by atoms with Crippen molar-refractivity contribution in [3.05, 3.63) is 71.1 Å². The molecular weight excluding hydrogens is 314 g/mol. The molecule has 0 atom stereocenters. The van der Waals surface area contributed by atoms with Crippen molar-refractivity contribution in [2.75, 3.05) is 4.72 Å². The molecule has 5 heteroatoms. The standard InChI is InChI=1S/C17H13NO2S2/c19-22(20,17-6-3-9-21-17)18-14-8-7-13-10-12-4-1-2-5-15(12)16(13)11-14/h1-9,11,18H,10H2. The van der Waals surface area contributed by atoms with Crippen LogP contribution in [0.15, 0.2) is 64.2 Å². The van der Waals surface area contributed by atoms with E-state index in [0.717, 1.165) is 12.0 Å². The van der Waals surface area contributed by atoms with Crippen molar-refractivity contribution >= 4 is 27.0 Å². The molecule has 22 heavy (non-hydrogen) atoms. The summed E-state index contributed by atoms with van der Waals surface area (Å²) in [4.78, 5) is 0. The molecule has 0 spiro atoms. The molecule has 0 aliphatic heterocycles. The van der Waals surface area contributed by atoms with Gasteiger partial charge < -0.3 is 0 Å². The zero-order chi connectivity index (χ0) is 15.2. The van der Waals surface area contributed by atoms with Gasteiger partial charge in [-0.15, -0.1) is 11.3 Å². The van der Waals surface area contributed by atoms with Crippen LogP contribution in [0.3, 0.4) is 0 Å². The Balaban J connectivity index is 1.72. The Kier molecular flexibility index (Phi) is 3.06. The number of benzene rings is 2. The summed E-state index contributed by atoms with van der Waals surface area (Å²) >= 11 is 1.21. The summed E-state index contributed by atoms with van der Waals surface area (Å²) in [6, 6.07) is 17.3. The number of hydrogen-bond donors (Lipinski definition) is 1. The second kappa shape index (κ2) is 4.97. The van der Waals surface area contributed by atoms with Gasteiger partial charge >= 0.3 is 0 Å². The molecule has 2 aromatic carbocycles. The molecule has 1 heterocycles. The van der Waals surface area contributed by atoms with Crippen molar-refractivity contribution in [1.29, 1.82) is 0 Å². The van der Waals surface area contributed by atoms with E-state index in [1.54, 1.807) is 17.5 Å². The lowest BCUT2D eigenvalue weighted by molar-refractivity contribution is 0.603. The highest BCUT2D eigenvalue weighted by molar-refractivity contribution is 7.94. The summed E-state index contributed by atoms with van der Waals surface area (Å²) in [5, 5.41) is 1.76. The van der Waals surface area contributed by atoms with Crippen LogP contribution in [-0.4, -0.2) is 8.42 Å². The Morgan fingerprint density at radius 3 is 2.55 bits per heavy atom. The first-order valence-electron chi connectivity index (χ1n) is 6.91. The van der Waals surface area contributed by atoms with Crippen molar-refractivity contribution in [2.24, 2.45) is 0 Å². The average Bonchev–Trinajstić information content (AvgIpc) is 3.14. The van der Waals surface area contributed by atoms with Gasteiger partial charge in [0.2, 0.25) is 0 Å². The highest BCUT2D eigenvalue weighted by Gasteiger charge is 2.20. The largest absolute Gasteiger partial charge is 0.279 e. The predicted molar refractivity (Wildman–Crippen MR) is 89.8 cm³/mol. The Morgan fingerprint density at radius 2 is 1.73 bits per heavy atom. The van der Waals surface area contributed by atoms with Gasteiger partial charge in [-0.25, -0.2) is 8.42 Å². The average molecular weight is 327 g/mol. The number of anilines is 1. The Hall–Kier alpha value is -2.11. The maximum atomic E-state index is 12.3. The van der Waals surface area contributed by atoms with Crippen molar-refractivity contribution in [3.8, 4) is 11.1 Å². The maximum absolute atomic E-state index is 12.3. The van der Waals surface area contributed by atoms with Crippen LogP contribution in [0.1, 0.15) is 11.1 Å². The van der Waals surface area contributed by atoms with Crippen LogP contribution in [0, 0.1) is 0 Å². The normalized spacial score (nSPS) is 12.7. The smallest absolute Gasteiger partial charge is 0.271 e. The Labute approximate surface area is 133 Å². The molecule has 0 saturated carbocycles. The second-order valence-corrected chi connectivity index (χ2v) is 8.10. The molecule has 0 fully saturated rings. The fourth-order valence-corrected chi connectivity index (χ4v) is 4.85.